The van der Waals surface area contributed by atoms with E-state index >= 15 is 0 Å². The molecule has 0 N–H and O–H groups in total. The van der Waals surface area contributed by atoms with E-state index in [0.717, 1.165) is 49.6 Å². The van der Waals surface area contributed by atoms with Gasteiger partial charge in [-0.3, -0.25) is 4.57 Å². The monoisotopic (exact) mass is 726 g/mol. The highest BCUT2D eigenvalue weighted by molar-refractivity contribution is 6.36. The Balaban J connectivity index is 1.20. The first-order valence-electron chi connectivity index (χ1n) is 19.3. The van der Waals surface area contributed by atoms with Gasteiger partial charge in [-0.05, 0) is 64.7 Å². The van der Waals surface area contributed by atoms with E-state index in [0.29, 0.717) is 17.2 Å². The van der Waals surface area contributed by atoms with Crippen LogP contribution in [0.15, 0.2) is 186 Å². The third kappa shape index (κ3) is 4.23. The lowest BCUT2D eigenvalue weighted by atomic mass is 9.99. The average molecular weight is 727 g/mol. The minimum absolute atomic E-state index is 0.645. The Morgan fingerprint density at radius 1 is 0.386 bits per heavy atom. The summed E-state index contributed by atoms with van der Waals surface area (Å²) in [4.78, 5) is 10.7. The third-order valence-corrected chi connectivity index (χ3v) is 11.9. The van der Waals surface area contributed by atoms with E-state index in [2.05, 4.69) is 167 Å². The summed E-state index contributed by atoms with van der Waals surface area (Å²) < 4.78 is 11.6. The molecular weight excluding hydrogens is 697 g/mol. The largest absolute Gasteiger partial charge is 0.450 e. The summed E-state index contributed by atoms with van der Waals surface area (Å²) in [7, 11) is 0. The second-order valence-corrected chi connectivity index (χ2v) is 14.9. The molecule has 57 heavy (non-hydrogen) atoms. The fourth-order valence-electron chi connectivity index (χ4n) is 9.35. The lowest BCUT2D eigenvalue weighted by molar-refractivity contribution is 0.662. The van der Waals surface area contributed by atoms with Crippen molar-refractivity contribution in [3.8, 4) is 39.5 Å². The summed E-state index contributed by atoms with van der Waals surface area (Å²) in [6.45, 7) is 0. The van der Waals surface area contributed by atoms with Gasteiger partial charge >= 0.3 is 0 Å². The summed E-state index contributed by atoms with van der Waals surface area (Å²) >= 11 is 0. The van der Waals surface area contributed by atoms with Gasteiger partial charge in [0.05, 0.1) is 27.6 Å². The van der Waals surface area contributed by atoms with Crippen LogP contribution < -0.4 is 0 Å². The zero-order valence-corrected chi connectivity index (χ0v) is 30.5. The van der Waals surface area contributed by atoms with Gasteiger partial charge in [-0.2, -0.15) is 0 Å². The highest BCUT2D eigenvalue weighted by Gasteiger charge is 2.27. The molecule has 0 aliphatic heterocycles. The molecule has 0 fully saturated rings. The van der Waals surface area contributed by atoms with Crippen molar-refractivity contribution in [1.29, 1.82) is 0 Å². The molecule has 0 amide bonds. The number of aromatic nitrogens is 4. The topological polar surface area (TPSA) is 48.3 Å². The molecule has 0 bridgehead atoms. The highest BCUT2D eigenvalue weighted by Crippen LogP contribution is 2.48. The van der Waals surface area contributed by atoms with E-state index < -0.39 is 0 Å². The summed E-state index contributed by atoms with van der Waals surface area (Å²) in [5.74, 6) is 1.36. The van der Waals surface area contributed by atoms with Crippen LogP contribution in [-0.4, -0.2) is 18.9 Å². The summed E-state index contributed by atoms with van der Waals surface area (Å²) in [5, 5.41) is 8.23. The first kappa shape index (κ1) is 30.6. The number of fused-ring (bicyclic) bond motifs is 13. The van der Waals surface area contributed by atoms with Gasteiger partial charge in [0.25, 0.3) is 0 Å². The first-order chi connectivity index (χ1) is 28.3. The number of hydrogen-bond acceptors (Lipinski definition) is 3. The minimum atomic E-state index is 0.645. The van der Waals surface area contributed by atoms with Gasteiger partial charge in [-0.25, -0.2) is 9.97 Å². The fraction of sp³-hybridized carbons (Fsp3) is 0. The van der Waals surface area contributed by atoms with Crippen LogP contribution in [0.3, 0.4) is 0 Å². The van der Waals surface area contributed by atoms with Crippen molar-refractivity contribution in [3.05, 3.63) is 182 Å². The van der Waals surface area contributed by atoms with E-state index in [9.17, 15) is 0 Å². The molecule has 0 spiro atoms. The van der Waals surface area contributed by atoms with E-state index in [4.69, 9.17) is 14.4 Å². The van der Waals surface area contributed by atoms with Gasteiger partial charge < -0.3 is 8.82 Å². The Kier molecular flexibility index (Phi) is 6.10. The highest BCUT2D eigenvalue weighted by atomic mass is 16.3. The Morgan fingerprint density at radius 3 is 1.75 bits per heavy atom. The molecule has 5 aromatic heterocycles. The van der Waals surface area contributed by atoms with Crippen LogP contribution in [0.4, 0.5) is 0 Å². The van der Waals surface area contributed by atoms with E-state index in [1.165, 1.54) is 54.6 Å². The van der Waals surface area contributed by atoms with Crippen molar-refractivity contribution in [2.24, 2.45) is 0 Å². The maximum atomic E-state index is 6.78. The Bertz CT molecular complexity index is 3730. The number of para-hydroxylation sites is 3. The molecule has 0 aliphatic carbocycles. The number of furan rings is 1. The summed E-state index contributed by atoms with van der Waals surface area (Å²) in [5.41, 5.74) is 13.6. The molecule has 0 radical (unpaired) electrons. The van der Waals surface area contributed by atoms with Gasteiger partial charge in [-0.15, -0.1) is 0 Å². The molecule has 5 nitrogen and oxygen atoms in total. The molecule has 5 heteroatoms. The standard InChI is InChI=1S/C52H30N4O/c1-3-13-31(14-4-1)33-23-25-34(26-24-33)51-53-48-38-19-9-12-22-45(38)57-50(48)52(54-51)56-43-28-27-35(32-15-5-2-6-16-32)29-40(43)46-44(56)30-39-36-17-7-10-20-41(36)55-42-21-11-8-18-37(42)47(46)49(39)55/h1-30H. The SMILES string of the molecule is c1ccc(-c2ccc(-c3nc(-n4c5ccc(-c6ccccc6)cc5c5c6c7ccccc7n7c8ccccc8c(cc54)c67)c4oc5ccccc5c4n3)cc2)cc1. The second kappa shape index (κ2) is 11.4. The second-order valence-electron chi connectivity index (χ2n) is 14.9. The molecule has 0 aliphatic rings. The Morgan fingerprint density at radius 2 is 0.982 bits per heavy atom. The van der Waals surface area contributed by atoms with Crippen LogP contribution in [-0.2, 0) is 0 Å². The van der Waals surface area contributed by atoms with Crippen molar-refractivity contribution in [2.45, 2.75) is 0 Å². The van der Waals surface area contributed by atoms with Crippen molar-refractivity contribution < 1.29 is 4.42 Å². The van der Waals surface area contributed by atoms with Crippen molar-refractivity contribution in [1.82, 2.24) is 18.9 Å². The van der Waals surface area contributed by atoms with Crippen molar-refractivity contribution >= 4 is 82.0 Å². The number of nitrogens with zero attached hydrogens (tertiary/aromatic N) is 4. The van der Waals surface area contributed by atoms with Crippen LogP contribution in [0, 0.1) is 0 Å². The minimum Gasteiger partial charge on any atom is -0.450 e. The van der Waals surface area contributed by atoms with Gasteiger partial charge in [0.2, 0.25) is 0 Å². The lowest BCUT2D eigenvalue weighted by Crippen LogP contribution is -2.02. The number of benzene rings is 8. The van der Waals surface area contributed by atoms with Crippen LogP contribution in [0.1, 0.15) is 0 Å². The van der Waals surface area contributed by atoms with Gasteiger partial charge in [-0.1, -0.05) is 140 Å². The fourth-order valence-corrected chi connectivity index (χ4v) is 9.35. The van der Waals surface area contributed by atoms with E-state index in [1.807, 2.05) is 24.3 Å². The number of hydrogen-bond donors (Lipinski definition) is 0. The van der Waals surface area contributed by atoms with Gasteiger partial charge in [0.1, 0.15) is 11.1 Å². The predicted molar refractivity (Wildman–Crippen MR) is 235 cm³/mol. The molecular formula is C52H30N4O. The van der Waals surface area contributed by atoms with Crippen molar-refractivity contribution in [2.75, 3.05) is 0 Å². The molecule has 264 valence electrons. The first-order valence-corrected chi connectivity index (χ1v) is 19.3. The van der Waals surface area contributed by atoms with E-state index in [1.54, 1.807) is 0 Å². The molecule has 0 atom stereocenters. The molecule has 0 saturated carbocycles. The van der Waals surface area contributed by atoms with Crippen LogP contribution in [0.2, 0.25) is 0 Å². The molecule has 0 unspecified atom stereocenters. The molecule has 13 aromatic rings. The smallest absolute Gasteiger partial charge is 0.197 e. The van der Waals surface area contributed by atoms with Crippen LogP contribution >= 0.6 is 0 Å². The third-order valence-electron chi connectivity index (χ3n) is 11.9. The maximum Gasteiger partial charge on any atom is 0.197 e. The molecule has 13 rings (SSSR count). The lowest BCUT2D eigenvalue weighted by Gasteiger charge is -2.11. The van der Waals surface area contributed by atoms with Crippen LogP contribution in [0.5, 0.6) is 0 Å². The predicted octanol–water partition coefficient (Wildman–Crippen LogP) is 13.6. The zero-order chi connectivity index (χ0) is 37.2. The van der Waals surface area contributed by atoms with E-state index in [-0.39, 0.29) is 0 Å². The zero-order valence-electron chi connectivity index (χ0n) is 30.5. The molecule has 8 aromatic carbocycles. The van der Waals surface area contributed by atoms with Gasteiger partial charge in [0, 0.05) is 43.3 Å². The van der Waals surface area contributed by atoms with Gasteiger partial charge in [0.15, 0.2) is 17.2 Å². The van der Waals surface area contributed by atoms with Crippen LogP contribution in [0.25, 0.3) is 121 Å². The molecule has 0 saturated heterocycles. The number of rotatable bonds is 4. The maximum absolute atomic E-state index is 6.78. The Hall–Kier alpha value is -7.76. The summed E-state index contributed by atoms with van der Waals surface area (Å²) in [6, 6.07) is 64.7. The summed E-state index contributed by atoms with van der Waals surface area (Å²) in [6.07, 6.45) is 0. The Labute approximate surface area is 325 Å². The quantitative estimate of drug-likeness (QED) is 0.181. The normalized spacial score (nSPS) is 12.2. The van der Waals surface area contributed by atoms with Crippen molar-refractivity contribution in [3.63, 3.8) is 0 Å². The average Bonchev–Trinajstić information content (AvgIpc) is 4.02. The molecule has 5 heterocycles.